The van der Waals surface area contributed by atoms with Crippen LogP contribution in [0, 0.1) is 5.92 Å². The second-order valence-corrected chi connectivity index (χ2v) is 5.58. The Balaban J connectivity index is 0.000000445. The number of benzene rings is 1. The average molecular weight is 390 g/mol. The predicted octanol–water partition coefficient (Wildman–Crippen LogP) is 1.11. The van der Waals surface area contributed by atoms with Gasteiger partial charge in [-0.25, -0.2) is 4.79 Å². The lowest BCUT2D eigenvalue weighted by Gasteiger charge is -2.16. The SMILES string of the molecule is CONN=Cc1cccc(CN2CC[C@@H](CN)C2=O)c1.O=C(O)C(F)(F)F. The second kappa shape index (κ2) is 10.5. The van der Waals surface area contributed by atoms with Gasteiger partial charge in [0.2, 0.25) is 5.91 Å². The Kier molecular flexibility index (Phi) is 8.69. The van der Waals surface area contributed by atoms with Crippen LogP contribution in [-0.2, 0) is 21.0 Å². The molecule has 0 unspecified atom stereocenters. The molecule has 1 amide bonds. The number of nitrogens with two attached hydrogens (primary N) is 1. The third-order valence-electron chi connectivity index (χ3n) is 3.62. The molecule has 1 aliphatic heterocycles. The maximum Gasteiger partial charge on any atom is 0.490 e. The van der Waals surface area contributed by atoms with Gasteiger partial charge in [0, 0.05) is 19.6 Å². The van der Waals surface area contributed by atoms with Gasteiger partial charge in [0.25, 0.3) is 0 Å². The lowest BCUT2D eigenvalue weighted by molar-refractivity contribution is -0.192. The zero-order valence-electron chi connectivity index (χ0n) is 14.6. The van der Waals surface area contributed by atoms with Crippen LogP contribution in [0.5, 0.6) is 0 Å². The number of carbonyl (C=O) groups is 2. The van der Waals surface area contributed by atoms with Crippen LogP contribution >= 0.6 is 0 Å². The van der Waals surface area contributed by atoms with E-state index < -0.39 is 12.1 Å². The van der Waals surface area contributed by atoms with Gasteiger partial charge in [-0.05, 0) is 23.6 Å². The summed E-state index contributed by atoms with van der Waals surface area (Å²) in [6.07, 6.45) is -2.56. The highest BCUT2D eigenvalue weighted by molar-refractivity contribution is 5.81. The summed E-state index contributed by atoms with van der Waals surface area (Å²) in [6, 6.07) is 7.90. The molecule has 8 nitrogen and oxygen atoms in total. The number of halogens is 3. The molecule has 1 aromatic rings. The van der Waals surface area contributed by atoms with Gasteiger partial charge in [-0.2, -0.15) is 23.9 Å². The molecule has 0 saturated carbocycles. The maximum absolute atomic E-state index is 12.0. The number of carbonyl (C=O) groups excluding carboxylic acids is 1. The monoisotopic (exact) mass is 390 g/mol. The molecule has 1 aliphatic rings. The number of rotatable bonds is 6. The minimum absolute atomic E-state index is 0.00866. The first-order valence-corrected chi connectivity index (χ1v) is 7.88. The molecule has 1 fully saturated rings. The van der Waals surface area contributed by atoms with Crippen LogP contribution in [-0.4, -0.2) is 54.5 Å². The van der Waals surface area contributed by atoms with Gasteiger partial charge < -0.3 is 15.7 Å². The van der Waals surface area contributed by atoms with Crippen molar-refractivity contribution < 1.29 is 32.7 Å². The van der Waals surface area contributed by atoms with Crippen molar-refractivity contribution in [2.75, 3.05) is 20.2 Å². The summed E-state index contributed by atoms with van der Waals surface area (Å²) in [5.74, 6) is -2.61. The summed E-state index contributed by atoms with van der Waals surface area (Å²) in [7, 11) is 1.50. The second-order valence-electron chi connectivity index (χ2n) is 5.58. The lowest BCUT2D eigenvalue weighted by Crippen LogP contribution is -2.29. The number of hydrogen-bond acceptors (Lipinski definition) is 6. The molecule has 0 bridgehead atoms. The molecule has 1 atom stereocenters. The quantitative estimate of drug-likeness (QED) is 0.495. The molecule has 1 heterocycles. The number of nitrogens with one attached hydrogen (secondary N) is 1. The average Bonchev–Trinajstić information content (AvgIpc) is 2.95. The van der Waals surface area contributed by atoms with E-state index >= 15 is 0 Å². The van der Waals surface area contributed by atoms with Crippen molar-refractivity contribution in [1.29, 1.82) is 0 Å². The molecule has 0 aliphatic carbocycles. The highest BCUT2D eigenvalue weighted by atomic mass is 19.4. The number of nitrogens with zero attached hydrogens (tertiary/aromatic N) is 2. The summed E-state index contributed by atoms with van der Waals surface area (Å²) in [6.45, 7) is 1.84. The zero-order chi connectivity index (χ0) is 20.4. The lowest BCUT2D eigenvalue weighted by atomic mass is 10.1. The first-order chi connectivity index (χ1) is 12.7. The summed E-state index contributed by atoms with van der Waals surface area (Å²) in [5.41, 5.74) is 10.0. The predicted molar refractivity (Wildman–Crippen MR) is 90.4 cm³/mol. The Morgan fingerprint density at radius 3 is 2.70 bits per heavy atom. The number of amides is 1. The Hall–Kier alpha value is -2.66. The number of likely N-dealkylation sites (tertiary alicyclic amines) is 1. The standard InChI is InChI=1S/C14H20N4O2.C2HF3O2/c1-20-17-16-9-11-3-2-4-12(7-11)10-18-6-5-13(8-15)14(18)19;3-2(4,5)1(6)7/h2-4,7,9,13,17H,5-6,8,10,15H2,1H3;(H,6,7)/t13-;/m0./s1. The van der Waals surface area contributed by atoms with Gasteiger partial charge in [-0.15, -0.1) is 0 Å². The Morgan fingerprint density at radius 1 is 1.52 bits per heavy atom. The Morgan fingerprint density at radius 2 is 2.19 bits per heavy atom. The van der Waals surface area contributed by atoms with E-state index in [0.717, 1.165) is 24.1 Å². The molecular weight excluding hydrogens is 369 g/mol. The number of alkyl halides is 3. The first kappa shape index (κ1) is 22.4. The smallest absolute Gasteiger partial charge is 0.475 e. The third-order valence-corrected chi connectivity index (χ3v) is 3.62. The van der Waals surface area contributed by atoms with Crippen LogP contribution in [0.1, 0.15) is 17.5 Å². The molecule has 27 heavy (non-hydrogen) atoms. The summed E-state index contributed by atoms with van der Waals surface area (Å²) in [4.78, 5) is 27.4. The summed E-state index contributed by atoms with van der Waals surface area (Å²) >= 11 is 0. The fourth-order valence-corrected chi connectivity index (χ4v) is 2.32. The molecule has 11 heteroatoms. The van der Waals surface area contributed by atoms with Crippen LogP contribution in [0.15, 0.2) is 29.4 Å². The van der Waals surface area contributed by atoms with Gasteiger partial charge in [0.15, 0.2) is 0 Å². The van der Waals surface area contributed by atoms with Crippen LogP contribution < -0.4 is 11.3 Å². The number of aliphatic carboxylic acids is 1. The van der Waals surface area contributed by atoms with E-state index in [9.17, 15) is 18.0 Å². The van der Waals surface area contributed by atoms with E-state index in [0.29, 0.717) is 13.1 Å². The van der Waals surface area contributed by atoms with Gasteiger partial charge in [-0.1, -0.05) is 18.2 Å². The van der Waals surface area contributed by atoms with Crippen LogP contribution in [0.25, 0.3) is 0 Å². The fourth-order valence-electron chi connectivity index (χ4n) is 2.32. The first-order valence-electron chi connectivity index (χ1n) is 7.88. The number of hydrazone groups is 1. The van der Waals surface area contributed by atoms with Crippen molar-refractivity contribution in [3.63, 3.8) is 0 Å². The van der Waals surface area contributed by atoms with Crippen molar-refractivity contribution in [2.45, 2.75) is 19.1 Å². The van der Waals surface area contributed by atoms with Gasteiger partial charge >= 0.3 is 12.1 Å². The minimum atomic E-state index is -5.08. The van der Waals surface area contributed by atoms with E-state index in [2.05, 4.69) is 15.5 Å². The highest BCUT2D eigenvalue weighted by Crippen LogP contribution is 2.19. The largest absolute Gasteiger partial charge is 0.490 e. The van der Waals surface area contributed by atoms with Gasteiger partial charge in [-0.3, -0.25) is 9.63 Å². The maximum atomic E-state index is 12.0. The number of hydrogen-bond donors (Lipinski definition) is 3. The Labute approximate surface area is 153 Å². The van der Waals surface area contributed by atoms with Crippen molar-refractivity contribution in [1.82, 2.24) is 10.5 Å². The van der Waals surface area contributed by atoms with Crippen LogP contribution in [0.2, 0.25) is 0 Å². The molecule has 0 spiro atoms. The zero-order valence-corrected chi connectivity index (χ0v) is 14.6. The van der Waals surface area contributed by atoms with Crippen molar-refractivity contribution in [3.8, 4) is 0 Å². The normalized spacial score (nSPS) is 17.0. The van der Waals surface area contributed by atoms with Crippen molar-refractivity contribution in [2.24, 2.45) is 16.8 Å². The Bertz CT molecular complexity index is 667. The van der Waals surface area contributed by atoms with Gasteiger partial charge in [0.1, 0.15) is 0 Å². The molecular formula is C16H21F3N4O4. The molecule has 1 aromatic carbocycles. The van der Waals surface area contributed by atoms with Crippen molar-refractivity contribution >= 4 is 18.1 Å². The van der Waals surface area contributed by atoms with E-state index in [1.807, 2.05) is 29.2 Å². The van der Waals surface area contributed by atoms with E-state index in [1.54, 1.807) is 6.21 Å². The molecule has 150 valence electrons. The van der Waals surface area contributed by atoms with E-state index in [4.69, 9.17) is 15.6 Å². The van der Waals surface area contributed by atoms with Crippen LogP contribution in [0.4, 0.5) is 13.2 Å². The topological polar surface area (TPSA) is 117 Å². The molecule has 2 rings (SSSR count). The third kappa shape index (κ3) is 7.62. The minimum Gasteiger partial charge on any atom is -0.475 e. The van der Waals surface area contributed by atoms with Gasteiger partial charge in [0.05, 0.1) is 19.2 Å². The van der Waals surface area contributed by atoms with Crippen LogP contribution in [0.3, 0.4) is 0 Å². The summed E-state index contributed by atoms with van der Waals surface area (Å²) < 4.78 is 31.7. The summed E-state index contributed by atoms with van der Waals surface area (Å²) in [5, 5.41) is 11.0. The van der Waals surface area contributed by atoms with E-state index in [1.165, 1.54) is 7.11 Å². The number of carboxylic acid groups (broad SMARTS) is 1. The number of carboxylic acids is 1. The molecule has 0 aromatic heterocycles. The fraction of sp³-hybridized carbons (Fsp3) is 0.438. The molecule has 0 radical (unpaired) electrons. The van der Waals surface area contributed by atoms with Crippen molar-refractivity contribution in [3.05, 3.63) is 35.4 Å². The molecule has 1 saturated heterocycles. The highest BCUT2D eigenvalue weighted by Gasteiger charge is 2.38. The molecule has 4 N–H and O–H groups in total. The van der Waals surface area contributed by atoms with E-state index in [-0.39, 0.29) is 11.8 Å².